The van der Waals surface area contributed by atoms with E-state index in [0.29, 0.717) is 37.0 Å². The van der Waals surface area contributed by atoms with Gasteiger partial charge >= 0.3 is 0 Å². The zero-order chi connectivity index (χ0) is 14.8. The molecule has 0 atom stereocenters. The molecule has 0 unspecified atom stereocenters. The molecule has 1 amide bonds. The minimum absolute atomic E-state index is 0.00516. The standard InChI is InChI=1S/C12H17N3O4S/c13-5-6-19-7-8-20-9-12(16)14-10-1-3-11(4-2-10)15(17)18/h1-4H,5-9,13H2,(H,14,16). The lowest BCUT2D eigenvalue weighted by molar-refractivity contribution is -0.384. The van der Waals surface area contributed by atoms with Crippen molar-refractivity contribution in [2.45, 2.75) is 0 Å². The smallest absolute Gasteiger partial charge is 0.269 e. The number of carbonyl (C=O) groups excluding carboxylic acids is 1. The molecule has 3 N–H and O–H groups in total. The van der Waals surface area contributed by atoms with Crippen molar-refractivity contribution in [1.29, 1.82) is 0 Å². The fourth-order valence-electron chi connectivity index (χ4n) is 1.33. The number of nitrogens with zero attached hydrogens (tertiary/aromatic N) is 1. The van der Waals surface area contributed by atoms with Gasteiger partial charge in [-0.3, -0.25) is 14.9 Å². The van der Waals surface area contributed by atoms with Gasteiger partial charge in [0.05, 0.1) is 23.9 Å². The van der Waals surface area contributed by atoms with E-state index in [0.717, 1.165) is 0 Å². The minimum Gasteiger partial charge on any atom is -0.379 e. The van der Waals surface area contributed by atoms with Gasteiger partial charge < -0.3 is 15.8 Å². The number of benzene rings is 1. The number of amides is 1. The number of hydrogen-bond acceptors (Lipinski definition) is 6. The summed E-state index contributed by atoms with van der Waals surface area (Å²) in [6.45, 7) is 1.58. The first-order valence-electron chi connectivity index (χ1n) is 6.03. The number of hydrogen-bond donors (Lipinski definition) is 2. The van der Waals surface area contributed by atoms with E-state index in [1.54, 1.807) is 0 Å². The molecule has 0 spiro atoms. The van der Waals surface area contributed by atoms with Gasteiger partial charge in [-0.2, -0.15) is 0 Å². The van der Waals surface area contributed by atoms with Gasteiger partial charge in [-0.25, -0.2) is 0 Å². The van der Waals surface area contributed by atoms with Crippen molar-refractivity contribution in [3.63, 3.8) is 0 Å². The van der Waals surface area contributed by atoms with Gasteiger partial charge in [-0.15, -0.1) is 11.8 Å². The SMILES string of the molecule is NCCOCCSCC(=O)Nc1ccc([N+](=O)[O-])cc1. The van der Waals surface area contributed by atoms with E-state index in [2.05, 4.69) is 5.32 Å². The van der Waals surface area contributed by atoms with Crippen LogP contribution in [-0.2, 0) is 9.53 Å². The molecule has 0 saturated carbocycles. The van der Waals surface area contributed by atoms with Crippen LogP contribution in [0.4, 0.5) is 11.4 Å². The molecular weight excluding hydrogens is 282 g/mol. The van der Waals surface area contributed by atoms with E-state index < -0.39 is 4.92 Å². The highest BCUT2D eigenvalue weighted by Gasteiger charge is 2.06. The average Bonchev–Trinajstić information content (AvgIpc) is 2.43. The summed E-state index contributed by atoms with van der Waals surface area (Å²) in [6.07, 6.45) is 0. The first kappa shape index (κ1) is 16.4. The van der Waals surface area contributed by atoms with Gasteiger partial charge in [0.15, 0.2) is 0 Å². The lowest BCUT2D eigenvalue weighted by atomic mass is 10.3. The van der Waals surface area contributed by atoms with Crippen molar-refractivity contribution in [2.75, 3.05) is 36.6 Å². The van der Waals surface area contributed by atoms with Crippen LogP contribution in [0.3, 0.4) is 0 Å². The second-order valence-electron chi connectivity index (χ2n) is 3.81. The van der Waals surface area contributed by atoms with Gasteiger partial charge in [-0.05, 0) is 12.1 Å². The number of nitro benzene ring substituents is 1. The molecule has 0 heterocycles. The van der Waals surface area contributed by atoms with Crippen LogP contribution in [0.1, 0.15) is 0 Å². The number of non-ortho nitro benzene ring substituents is 1. The molecule has 0 aliphatic carbocycles. The van der Waals surface area contributed by atoms with Crippen LogP contribution in [0.25, 0.3) is 0 Å². The molecule has 1 aromatic carbocycles. The van der Waals surface area contributed by atoms with Gasteiger partial charge in [0.1, 0.15) is 0 Å². The van der Waals surface area contributed by atoms with E-state index >= 15 is 0 Å². The number of nitrogens with one attached hydrogen (secondary N) is 1. The summed E-state index contributed by atoms with van der Waals surface area (Å²) >= 11 is 1.45. The van der Waals surface area contributed by atoms with Crippen molar-refractivity contribution in [1.82, 2.24) is 0 Å². The number of thioether (sulfide) groups is 1. The van der Waals surface area contributed by atoms with Crippen LogP contribution in [0.15, 0.2) is 24.3 Å². The Morgan fingerprint density at radius 1 is 1.35 bits per heavy atom. The molecule has 8 heteroatoms. The summed E-state index contributed by atoms with van der Waals surface area (Å²) < 4.78 is 5.18. The Balaban J connectivity index is 2.23. The number of carbonyl (C=O) groups is 1. The molecule has 0 radical (unpaired) electrons. The molecule has 0 aromatic heterocycles. The number of nitrogens with two attached hydrogens (primary N) is 1. The molecular formula is C12H17N3O4S. The Morgan fingerprint density at radius 3 is 2.65 bits per heavy atom. The Kier molecular flexibility index (Phi) is 7.63. The highest BCUT2D eigenvalue weighted by atomic mass is 32.2. The quantitative estimate of drug-likeness (QED) is 0.403. The maximum absolute atomic E-state index is 11.6. The Hall–Kier alpha value is -1.64. The maximum atomic E-state index is 11.6. The fourth-order valence-corrected chi connectivity index (χ4v) is 1.97. The van der Waals surface area contributed by atoms with Crippen molar-refractivity contribution in [3.8, 4) is 0 Å². The zero-order valence-electron chi connectivity index (χ0n) is 10.9. The monoisotopic (exact) mass is 299 g/mol. The molecule has 110 valence electrons. The molecule has 1 aromatic rings. The third kappa shape index (κ3) is 6.50. The second-order valence-corrected chi connectivity index (χ2v) is 4.91. The topological polar surface area (TPSA) is 107 Å². The van der Waals surface area contributed by atoms with Crippen LogP contribution in [0.2, 0.25) is 0 Å². The predicted molar refractivity (Wildman–Crippen MR) is 78.9 cm³/mol. The average molecular weight is 299 g/mol. The number of rotatable bonds is 9. The van der Waals surface area contributed by atoms with E-state index in [1.165, 1.54) is 36.0 Å². The van der Waals surface area contributed by atoms with E-state index in [4.69, 9.17) is 10.5 Å². The molecule has 0 aliphatic heterocycles. The molecule has 20 heavy (non-hydrogen) atoms. The second kappa shape index (κ2) is 9.29. The van der Waals surface area contributed by atoms with Crippen LogP contribution >= 0.6 is 11.8 Å². The molecule has 0 bridgehead atoms. The molecule has 0 aliphatic rings. The van der Waals surface area contributed by atoms with Gasteiger partial charge in [0.25, 0.3) is 5.69 Å². The normalized spacial score (nSPS) is 10.2. The molecule has 0 fully saturated rings. The van der Waals surface area contributed by atoms with Crippen LogP contribution < -0.4 is 11.1 Å². The summed E-state index contributed by atoms with van der Waals surface area (Å²) in [5.74, 6) is 0.874. The highest BCUT2D eigenvalue weighted by Crippen LogP contribution is 2.15. The lowest BCUT2D eigenvalue weighted by Gasteiger charge is -2.05. The molecule has 0 saturated heterocycles. The lowest BCUT2D eigenvalue weighted by Crippen LogP contribution is -2.15. The van der Waals surface area contributed by atoms with Crippen molar-refractivity contribution in [3.05, 3.63) is 34.4 Å². The predicted octanol–water partition coefficient (Wildman–Crippen LogP) is 1.24. The highest BCUT2D eigenvalue weighted by molar-refractivity contribution is 7.99. The first-order valence-corrected chi connectivity index (χ1v) is 7.19. The summed E-state index contributed by atoms with van der Waals surface area (Å²) in [6, 6.07) is 5.71. The summed E-state index contributed by atoms with van der Waals surface area (Å²) in [5.41, 5.74) is 5.81. The molecule has 1 rings (SSSR count). The third-order valence-corrected chi connectivity index (χ3v) is 3.15. The van der Waals surface area contributed by atoms with Crippen LogP contribution in [0, 0.1) is 10.1 Å². The fraction of sp³-hybridized carbons (Fsp3) is 0.417. The van der Waals surface area contributed by atoms with Crippen molar-refractivity contribution >= 4 is 29.0 Å². The summed E-state index contributed by atoms with van der Waals surface area (Å²) in [4.78, 5) is 21.6. The summed E-state index contributed by atoms with van der Waals surface area (Å²) in [7, 11) is 0. The van der Waals surface area contributed by atoms with E-state index in [1.807, 2.05) is 0 Å². The molecule has 7 nitrogen and oxygen atoms in total. The Labute approximate surface area is 121 Å². The summed E-state index contributed by atoms with van der Waals surface area (Å²) in [5, 5.41) is 13.1. The number of nitro groups is 1. The minimum atomic E-state index is -0.483. The van der Waals surface area contributed by atoms with Crippen LogP contribution in [-0.4, -0.2) is 42.1 Å². The Bertz CT molecular complexity index is 439. The number of anilines is 1. The van der Waals surface area contributed by atoms with E-state index in [9.17, 15) is 14.9 Å². The Morgan fingerprint density at radius 2 is 2.05 bits per heavy atom. The first-order chi connectivity index (χ1) is 9.63. The van der Waals surface area contributed by atoms with Gasteiger partial charge in [0, 0.05) is 30.1 Å². The van der Waals surface area contributed by atoms with Crippen LogP contribution in [0.5, 0.6) is 0 Å². The van der Waals surface area contributed by atoms with Gasteiger partial charge in [-0.1, -0.05) is 0 Å². The van der Waals surface area contributed by atoms with Crippen molar-refractivity contribution < 1.29 is 14.5 Å². The zero-order valence-corrected chi connectivity index (χ0v) is 11.7. The third-order valence-electron chi connectivity index (χ3n) is 2.23. The van der Waals surface area contributed by atoms with Gasteiger partial charge in [0.2, 0.25) is 5.91 Å². The largest absolute Gasteiger partial charge is 0.379 e. The number of ether oxygens (including phenoxy) is 1. The van der Waals surface area contributed by atoms with Crippen molar-refractivity contribution in [2.24, 2.45) is 5.73 Å². The van der Waals surface area contributed by atoms with E-state index in [-0.39, 0.29) is 11.6 Å². The maximum Gasteiger partial charge on any atom is 0.269 e.